The number of rotatable bonds is 16. The second-order valence-electron chi connectivity index (χ2n) is 10.7. The molecule has 0 saturated carbocycles. The van der Waals surface area contributed by atoms with Crippen LogP contribution in [0, 0.1) is 0 Å². The number of benzene rings is 2. The average molecular weight is 615 g/mol. The summed E-state index contributed by atoms with van der Waals surface area (Å²) in [7, 11) is 4.24. The van der Waals surface area contributed by atoms with Crippen LogP contribution in [0.5, 0.6) is 11.5 Å². The predicted octanol–water partition coefficient (Wildman–Crippen LogP) is 5.00. The number of esters is 1. The smallest absolute Gasteiger partial charge is 0.340 e. The molecule has 0 amide bonds. The number of carboxylic acids is 1. The molecule has 2 aromatic rings. The number of aliphatic hydroxyl groups is 1. The number of carbonyl (C=O) groups is 2. The molecule has 11 heteroatoms. The second-order valence-corrected chi connectivity index (χ2v) is 10.7. The van der Waals surface area contributed by atoms with Crippen molar-refractivity contribution in [2.45, 2.75) is 70.4 Å². The lowest BCUT2D eigenvalue weighted by Crippen LogP contribution is -2.36. The van der Waals surface area contributed by atoms with E-state index in [-0.39, 0.29) is 35.8 Å². The van der Waals surface area contributed by atoms with E-state index in [0.717, 1.165) is 11.3 Å². The van der Waals surface area contributed by atoms with Gasteiger partial charge in [-0.3, -0.25) is 0 Å². The van der Waals surface area contributed by atoms with Crippen molar-refractivity contribution < 1.29 is 53.0 Å². The quantitative estimate of drug-likeness (QED) is 0.150. The van der Waals surface area contributed by atoms with Gasteiger partial charge < -0.3 is 43.4 Å². The van der Waals surface area contributed by atoms with E-state index >= 15 is 0 Å². The van der Waals surface area contributed by atoms with Gasteiger partial charge in [0.15, 0.2) is 12.6 Å². The molecular formula is C33H42O11. The fraction of sp³-hybridized carbons (Fsp3) is 0.455. The fourth-order valence-corrected chi connectivity index (χ4v) is 4.75. The summed E-state index contributed by atoms with van der Waals surface area (Å²) in [4.78, 5) is 24.8. The maximum Gasteiger partial charge on any atom is 0.340 e. The Morgan fingerprint density at radius 2 is 1.77 bits per heavy atom. The minimum atomic E-state index is -1.28. The highest BCUT2D eigenvalue weighted by molar-refractivity contribution is 6.02. The largest absolute Gasteiger partial charge is 0.497 e. The maximum absolute atomic E-state index is 12.5. The minimum absolute atomic E-state index is 0.0429. The van der Waals surface area contributed by atoms with Gasteiger partial charge in [0.25, 0.3) is 0 Å². The van der Waals surface area contributed by atoms with E-state index in [1.807, 2.05) is 36.4 Å². The third-order valence-corrected chi connectivity index (χ3v) is 6.76. The third-order valence-electron chi connectivity index (χ3n) is 6.76. The van der Waals surface area contributed by atoms with Crippen molar-refractivity contribution in [3.8, 4) is 11.5 Å². The lowest BCUT2D eigenvalue weighted by molar-refractivity contribution is -0.156. The van der Waals surface area contributed by atoms with E-state index < -0.39 is 42.1 Å². The zero-order valence-corrected chi connectivity index (χ0v) is 26.0. The van der Waals surface area contributed by atoms with Gasteiger partial charge in [-0.1, -0.05) is 36.4 Å². The van der Waals surface area contributed by atoms with Gasteiger partial charge in [0.2, 0.25) is 0 Å². The number of ether oxygens (including phenoxy) is 7. The Labute approximate surface area is 257 Å². The van der Waals surface area contributed by atoms with Crippen molar-refractivity contribution in [1.82, 2.24) is 0 Å². The SMILES string of the molecule is COCOc1ccc(C(=O)OC)c(/C=C/C[C@@H]2OC(C)(C)O[C@@H]2C(/C=C\C[C@H](C)O)OCc2ccc(OC)cc2)c1C(=O)O. The third kappa shape index (κ3) is 9.63. The molecule has 1 aliphatic rings. The van der Waals surface area contributed by atoms with Crippen LogP contribution in [-0.2, 0) is 30.3 Å². The molecule has 1 aliphatic heterocycles. The molecule has 1 fully saturated rings. The zero-order valence-electron chi connectivity index (χ0n) is 26.0. The molecule has 0 radical (unpaired) electrons. The molecule has 2 N–H and O–H groups in total. The Hall–Kier alpha value is -3.74. The first-order chi connectivity index (χ1) is 21.0. The van der Waals surface area contributed by atoms with Crippen molar-refractivity contribution in [1.29, 1.82) is 0 Å². The Morgan fingerprint density at radius 1 is 1.05 bits per heavy atom. The Kier molecular flexibility index (Phi) is 12.9. The molecular weight excluding hydrogens is 572 g/mol. The van der Waals surface area contributed by atoms with Crippen LogP contribution >= 0.6 is 0 Å². The summed E-state index contributed by atoms with van der Waals surface area (Å²) >= 11 is 0. The molecule has 1 saturated heterocycles. The van der Waals surface area contributed by atoms with Crippen LogP contribution in [0.4, 0.5) is 0 Å². The van der Waals surface area contributed by atoms with Gasteiger partial charge in [-0.15, -0.1) is 0 Å². The summed E-state index contributed by atoms with van der Waals surface area (Å²) in [5.41, 5.74) is 0.912. The number of hydrogen-bond acceptors (Lipinski definition) is 10. The van der Waals surface area contributed by atoms with Crippen LogP contribution < -0.4 is 9.47 Å². The molecule has 240 valence electrons. The highest BCUT2D eigenvalue weighted by atomic mass is 16.8. The van der Waals surface area contributed by atoms with Crippen LogP contribution in [0.2, 0.25) is 0 Å². The number of carbonyl (C=O) groups excluding carboxylic acids is 1. The van der Waals surface area contributed by atoms with Crippen LogP contribution in [-0.4, -0.2) is 80.5 Å². The molecule has 11 nitrogen and oxygen atoms in total. The number of aromatic carboxylic acids is 1. The Balaban J connectivity index is 1.91. The Bertz CT molecular complexity index is 1300. The molecule has 44 heavy (non-hydrogen) atoms. The topological polar surface area (TPSA) is 139 Å². The monoisotopic (exact) mass is 614 g/mol. The highest BCUT2D eigenvalue weighted by Crippen LogP contribution is 2.35. The average Bonchev–Trinajstić information content (AvgIpc) is 3.30. The first-order valence-electron chi connectivity index (χ1n) is 14.2. The predicted molar refractivity (Wildman–Crippen MR) is 162 cm³/mol. The van der Waals surface area contributed by atoms with Crippen molar-refractivity contribution in [2.75, 3.05) is 28.1 Å². The number of carboxylic acid groups (broad SMARTS) is 1. The Morgan fingerprint density at radius 3 is 2.39 bits per heavy atom. The lowest BCUT2D eigenvalue weighted by Gasteiger charge is -2.24. The van der Waals surface area contributed by atoms with Gasteiger partial charge in [-0.2, -0.15) is 0 Å². The van der Waals surface area contributed by atoms with Gasteiger partial charge in [-0.05, 0) is 63.4 Å². The molecule has 0 aliphatic carbocycles. The van der Waals surface area contributed by atoms with Gasteiger partial charge in [-0.25, -0.2) is 9.59 Å². The summed E-state index contributed by atoms with van der Waals surface area (Å²) in [5, 5.41) is 19.8. The fourth-order valence-electron chi connectivity index (χ4n) is 4.75. The van der Waals surface area contributed by atoms with E-state index in [9.17, 15) is 19.8 Å². The summed E-state index contributed by atoms with van der Waals surface area (Å²) in [6, 6.07) is 10.4. The van der Waals surface area contributed by atoms with E-state index in [0.29, 0.717) is 12.8 Å². The molecule has 0 aromatic heterocycles. The van der Waals surface area contributed by atoms with Crippen LogP contribution in [0.3, 0.4) is 0 Å². The van der Waals surface area contributed by atoms with Crippen LogP contribution in [0.1, 0.15) is 65.5 Å². The van der Waals surface area contributed by atoms with E-state index in [1.165, 1.54) is 32.4 Å². The number of hydrogen-bond donors (Lipinski definition) is 2. The number of methoxy groups -OCH3 is 3. The van der Waals surface area contributed by atoms with Crippen molar-refractivity contribution in [3.63, 3.8) is 0 Å². The molecule has 1 heterocycles. The number of aliphatic hydroxyl groups excluding tert-OH is 1. The second kappa shape index (κ2) is 16.4. The van der Waals surface area contributed by atoms with Crippen molar-refractivity contribution >= 4 is 18.0 Å². The lowest BCUT2D eigenvalue weighted by atomic mass is 9.97. The molecule has 1 unspecified atom stereocenters. The van der Waals surface area contributed by atoms with Gasteiger partial charge >= 0.3 is 11.9 Å². The summed E-state index contributed by atoms with van der Waals surface area (Å²) in [6.45, 7) is 5.42. The van der Waals surface area contributed by atoms with Crippen molar-refractivity contribution in [2.24, 2.45) is 0 Å². The maximum atomic E-state index is 12.5. The summed E-state index contributed by atoms with van der Waals surface area (Å²) in [6.07, 6.45) is 5.57. The van der Waals surface area contributed by atoms with E-state index in [4.69, 9.17) is 33.2 Å². The van der Waals surface area contributed by atoms with E-state index in [1.54, 1.807) is 34.0 Å². The van der Waals surface area contributed by atoms with Gasteiger partial charge in [0.05, 0.1) is 38.6 Å². The van der Waals surface area contributed by atoms with Crippen LogP contribution in [0.25, 0.3) is 6.08 Å². The molecule has 4 atom stereocenters. The normalized spacial score (nSPS) is 19.2. The molecule has 0 bridgehead atoms. The molecule has 2 aromatic carbocycles. The van der Waals surface area contributed by atoms with Crippen molar-refractivity contribution in [3.05, 3.63) is 76.9 Å². The highest BCUT2D eigenvalue weighted by Gasteiger charge is 2.44. The first-order valence-corrected chi connectivity index (χ1v) is 14.2. The summed E-state index contributed by atoms with van der Waals surface area (Å²) < 4.78 is 39.4. The standard InChI is InChI=1S/C33H42O11/c1-21(34)9-7-11-27(41-19-22-13-15-23(39-5)16-14-22)30-28(43-33(2,3)44-30)12-8-10-24-25(32(37)40-6)17-18-26(42-20-38-4)29(24)31(35)36/h7-8,10-11,13-18,21,27-28,30,34H,9,12,19-20H2,1-6H3,(H,35,36)/b10-8+,11-7-/t21-,27?,28-,30+/m0/s1. The molecule has 0 spiro atoms. The molecule has 3 rings (SSSR count). The van der Waals surface area contributed by atoms with Crippen LogP contribution in [0.15, 0.2) is 54.6 Å². The minimum Gasteiger partial charge on any atom is -0.497 e. The zero-order chi connectivity index (χ0) is 32.3. The van der Waals surface area contributed by atoms with Gasteiger partial charge in [0, 0.05) is 12.7 Å². The first kappa shape index (κ1) is 34.7. The summed E-state index contributed by atoms with van der Waals surface area (Å²) in [5.74, 6) is -2.13. The van der Waals surface area contributed by atoms with E-state index in [2.05, 4.69) is 0 Å². The van der Waals surface area contributed by atoms with Gasteiger partial charge in [0.1, 0.15) is 29.3 Å².